The molecule has 0 atom stereocenters. The molecule has 0 aliphatic rings. The molecule has 122 valence electrons. The number of esters is 1. The minimum absolute atomic E-state index is 0.00444. The van der Waals surface area contributed by atoms with Gasteiger partial charge < -0.3 is 13.9 Å². The number of hydrogen-bond acceptors (Lipinski definition) is 5. The van der Waals surface area contributed by atoms with Gasteiger partial charge in [-0.15, -0.1) is 0 Å². The molecule has 3 rings (SSSR count). The molecule has 0 aliphatic carbocycles. The zero-order valence-corrected chi connectivity index (χ0v) is 12.7. The summed E-state index contributed by atoms with van der Waals surface area (Å²) >= 11 is 0. The van der Waals surface area contributed by atoms with Crippen LogP contribution in [-0.4, -0.2) is 25.5 Å². The van der Waals surface area contributed by atoms with Crippen molar-refractivity contribution >= 4 is 22.7 Å². The average molecular weight is 328 g/mol. The summed E-state index contributed by atoms with van der Waals surface area (Å²) in [7, 11) is 1.37. The van der Waals surface area contributed by atoms with E-state index in [-0.39, 0.29) is 17.1 Å². The number of halogens is 1. The molecule has 6 heteroatoms. The number of para-hydroxylation sites is 1. The fraction of sp³-hybridized carbons (Fsp3) is 0.111. The van der Waals surface area contributed by atoms with Crippen molar-refractivity contribution in [3.8, 4) is 5.75 Å². The number of ketones is 1. The molecule has 0 aliphatic heterocycles. The maximum Gasteiger partial charge on any atom is 0.374 e. The quantitative estimate of drug-likeness (QED) is 0.529. The van der Waals surface area contributed by atoms with Crippen molar-refractivity contribution in [2.45, 2.75) is 0 Å². The van der Waals surface area contributed by atoms with Gasteiger partial charge in [0.2, 0.25) is 11.5 Å². The standard InChI is InChI=1S/C18H13FO5/c1-22-16-7-6-12(19)9-13(16)14(20)10-23-18(21)17-8-11-4-2-3-5-15(11)24-17/h2-9H,10H2,1H3. The predicted octanol–water partition coefficient (Wildman–Crippen LogP) is 3.62. The predicted molar refractivity (Wildman–Crippen MR) is 83.8 cm³/mol. The lowest BCUT2D eigenvalue weighted by Gasteiger charge is -2.07. The van der Waals surface area contributed by atoms with Crippen LogP contribution in [0.15, 0.2) is 52.9 Å². The Morgan fingerprint density at radius 2 is 1.92 bits per heavy atom. The maximum absolute atomic E-state index is 13.3. The van der Waals surface area contributed by atoms with Crippen molar-refractivity contribution in [1.29, 1.82) is 0 Å². The van der Waals surface area contributed by atoms with Crippen LogP contribution in [0.2, 0.25) is 0 Å². The van der Waals surface area contributed by atoms with Crippen LogP contribution in [-0.2, 0) is 4.74 Å². The first-order valence-corrected chi connectivity index (χ1v) is 7.11. The summed E-state index contributed by atoms with van der Waals surface area (Å²) in [4.78, 5) is 24.1. The fourth-order valence-electron chi connectivity index (χ4n) is 2.26. The molecular formula is C18H13FO5. The van der Waals surface area contributed by atoms with Gasteiger partial charge in [0.15, 0.2) is 6.61 Å². The number of hydrogen-bond donors (Lipinski definition) is 0. The van der Waals surface area contributed by atoms with Crippen LogP contribution in [0.25, 0.3) is 11.0 Å². The highest BCUT2D eigenvalue weighted by Crippen LogP contribution is 2.21. The van der Waals surface area contributed by atoms with Gasteiger partial charge >= 0.3 is 5.97 Å². The third kappa shape index (κ3) is 3.12. The van der Waals surface area contributed by atoms with Gasteiger partial charge in [-0.2, -0.15) is 0 Å². The van der Waals surface area contributed by atoms with Gasteiger partial charge in [-0.1, -0.05) is 18.2 Å². The number of furan rings is 1. The summed E-state index contributed by atoms with van der Waals surface area (Å²) in [5, 5.41) is 0.752. The molecule has 1 heterocycles. The van der Waals surface area contributed by atoms with Crippen LogP contribution in [0.1, 0.15) is 20.9 Å². The topological polar surface area (TPSA) is 65.7 Å². The van der Waals surface area contributed by atoms with E-state index in [1.807, 2.05) is 6.07 Å². The Labute approximate surface area is 136 Å². The monoisotopic (exact) mass is 328 g/mol. The van der Waals surface area contributed by atoms with Gasteiger partial charge in [0.05, 0.1) is 12.7 Å². The molecule has 0 amide bonds. The molecule has 0 fully saturated rings. The van der Waals surface area contributed by atoms with E-state index >= 15 is 0 Å². The second-order valence-corrected chi connectivity index (χ2v) is 4.99. The molecule has 0 N–H and O–H groups in total. The van der Waals surface area contributed by atoms with E-state index in [1.165, 1.54) is 25.3 Å². The normalized spacial score (nSPS) is 10.6. The van der Waals surface area contributed by atoms with E-state index in [0.29, 0.717) is 5.58 Å². The molecule has 0 bridgehead atoms. The zero-order chi connectivity index (χ0) is 17.1. The third-order valence-electron chi connectivity index (χ3n) is 3.42. The summed E-state index contributed by atoms with van der Waals surface area (Å²) in [5.74, 6) is -1.72. The Balaban J connectivity index is 1.72. The summed E-state index contributed by atoms with van der Waals surface area (Å²) in [5.41, 5.74) is 0.553. The number of carbonyl (C=O) groups excluding carboxylic acids is 2. The Kier molecular flexibility index (Phi) is 4.29. The van der Waals surface area contributed by atoms with Crippen molar-refractivity contribution in [2.75, 3.05) is 13.7 Å². The van der Waals surface area contributed by atoms with E-state index in [9.17, 15) is 14.0 Å². The Hall–Kier alpha value is -3.15. The number of Topliss-reactive ketones (excluding diaryl/α,β-unsaturated/α-hetero) is 1. The highest BCUT2D eigenvalue weighted by atomic mass is 19.1. The first-order chi connectivity index (χ1) is 11.6. The van der Waals surface area contributed by atoms with E-state index in [4.69, 9.17) is 13.9 Å². The Morgan fingerprint density at radius 1 is 1.12 bits per heavy atom. The maximum atomic E-state index is 13.3. The van der Waals surface area contributed by atoms with Gasteiger partial charge in [0.25, 0.3) is 0 Å². The van der Waals surface area contributed by atoms with Crippen molar-refractivity contribution in [2.24, 2.45) is 0 Å². The Bertz CT molecular complexity index is 880. The van der Waals surface area contributed by atoms with E-state index in [1.54, 1.807) is 18.2 Å². The van der Waals surface area contributed by atoms with Crippen molar-refractivity contribution < 1.29 is 27.9 Å². The van der Waals surface area contributed by atoms with Crippen LogP contribution >= 0.6 is 0 Å². The van der Waals surface area contributed by atoms with E-state index in [2.05, 4.69) is 0 Å². The van der Waals surface area contributed by atoms with Gasteiger partial charge in [-0.3, -0.25) is 4.79 Å². The minimum atomic E-state index is -0.769. The molecule has 0 radical (unpaired) electrons. The number of fused-ring (bicyclic) bond motifs is 1. The third-order valence-corrected chi connectivity index (χ3v) is 3.42. The highest BCUT2D eigenvalue weighted by Gasteiger charge is 2.18. The first-order valence-electron chi connectivity index (χ1n) is 7.11. The molecule has 0 saturated carbocycles. The highest BCUT2D eigenvalue weighted by molar-refractivity contribution is 6.01. The largest absolute Gasteiger partial charge is 0.496 e. The lowest BCUT2D eigenvalue weighted by Crippen LogP contribution is -2.15. The SMILES string of the molecule is COc1ccc(F)cc1C(=O)COC(=O)c1cc2ccccc2o1. The lowest BCUT2D eigenvalue weighted by atomic mass is 10.1. The van der Waals surface area contributed by atoms with Gasteiger partial charge in [-0.25, -0.2) is 9.18 Å². The fourth-order valence-corrected chi connectivity index (χ4v) is 2.26. The van der Waals surface area contributed by atoms with E-state index < -0.39 is 24.2 Å². The molecule has 3 aromatic rings. The van der Waals surface area contributed by atoms with Gasteiger partial charge in [-0.05, 0) is 30.3 Å². The molecule has 0 unspecified atom stereocenters. The lowest BCUT2D eigenvalue weighted by molar-refractivity contribution is 0.0445. The Morgan fingerprint density at radius 3 is 2.67 bits per heavy atom. The number of carbonyl (C=O) groups is 2. The number of methoxy groups -OCH3 is 1. The molecule has 24 heavy (non-hydrogen) atoms. The van der Waals surface area contributed by atoms with Crippen LogP contribution in [0.5, 0.6) is 5.75 Å². The first kappa shape index (κ1) is 15.7. The van der Waals surface area contributed by atoms with Crippen LogP contribution in [0.3, 0.4) is 0 Å². The van der Waals surface area contributed by atoms with Crippen LogP contribution in [0.4, 0.5) is 4.39 Å². The summed E-state index contributed by atoms with van der Waals surface area (Å²) in [6.45, 7) is -0.546. The molecule has 5 nitrogen and oxygen atoms in total. The van der Waals surface area contributed by atoms with Crippen LogP contribution in [0, 0.1) is 5.82 Å². The molecule has 2 aromatic carbocycles. The van der Waals surface area contributed by atoms with Crippen molar-refractivity contribution in [1.82, 2.24) is 0 Å². The van der Waals surface area contributed by atoms with Crippen LogP contribution < -0.4 is 4.74 Å². The molecule has 1 aromatic heterocycles. The zero-order valence-electron chi connectivity index (χ0n) is 12.7. The average Bonchev–Trinajstić information content (AvgIpc) is 3.03. The summed E-state index contributed by atoms with van der Waals surface area (Å²) in [6, 6.07) is 12.2. The minimum Gasteiger partial charge on any atom is -0.496 e. The second kappa shape index (κ2) is 6.54. The molecule has 0 spiro atoms. The number of ether oxygens (including phenoxy) is 2. The van der Waals surface area contributed by atoms with Gasteiger partial charge in [0.1, 0.15) is 17.1 Å². The smallest absolute Gasteiger partial charge is 0.374 e. The van der Waals surface area contributed by atoms with Gasteiger partial charge in [0, 0.05) is 5.39 Å². The summed E-state index contributed by atoms with van der Waals surface area (Å²) in [6.07, 6.45) is 0. The molecular weight excluding hydrogens is 315 g/mol. The van der Waals surface area contributed by atoms with E-state index in [0.717, 1.165) is 11.5 Å². The second-order valence-electron chi connectivity index (χ2n) is 4.99. The summed E-state index contributed by atoms with van der Waals surface area (Å²) < 4.78 is 28.6. The molecule has 0 saturated heterocycles. The van der Waals surface area contributed by atoms with Crippen molar-refractivity contribution in [3.05, 3.63) is 65.7 Å². The number of rotatable bonds is 5. The number of benzene rings is 2. The van der Waals surface area contributed by atoms with Crippen molar-refractivity contribution in [3.63, 3.8) is 0 Å².